The van der Waals surface area contributed by atoms with Crippen molar-refractivity contribution in [2.24, 2.45) is 0 Å². The minimum Gasteiger partial charge on any atom is -0.481 e. The van der Waals surface area contributed by atoms with Gasteiger partial charge < -0.3 is 10.4 Å². The Balaban J connectivity index is 2.66. The largest absolute Gasteiger partial charge is 0.481 e. The quantitative estimate of drug-likeness (QED) is 0.861. The number of aromatic nitrogens is 2. The molecule has 0 aromatic carbocycles. The van der Waals surface area contributed by atoms with Crippen LogP contribution in [0.5, 0.6) is 0 Å². The Labute approximate surface area is 112 Å². The van der Waals surface area contributed by atoms with E-state index in [-0.39, 0.29) is 17.4 Å². The van der Waals surface area contributed by atoms with Crippen molar-refractivity contribution in [1.29, 1.82) is 0 Å². The number of hydrogen-bond donors (Lipinski definition) is 2. The molecule has 6 heteroatoms. The zero-order valence-electron chi connectivity index (χ0n) is 11.6. The standard InChI is InChI=1S/C12H21N3O2S/c1-11(2,3)9-14-15-10(18-9)13-12(4,5)7-6-8(16)17/h6-7H2,1-5H3,(H,13,15)(H,16,17). The second kappa shape index (κ2) is 5.22. The average Bonchev–Trinajstić information content (AvgIpc) is 2.62. The summed E-state index contributed by atoms with van der Waals surface area (Å²) in [5, 5.41) is 21.9. The van der Waals surface area contributed by atoms with E-state index in [0.29, 0.717) is 6.42 Å². The second-order valence-electron chi connectivity index (χ2n) is 6.06. The third-order valence-electron chi connectivity index (χ3n) is 2.48. The second-order valence-corrected chi connectivity index (χ2v) is 7.04. The highest BCUT2D eigenvalue weighted by Gasteiger charge is 2.23. The zero-order valence-corrected chi connectivity index (χ0v) is 12.4. The molecule has 102 valence electrons. The van der Waals surface area contributed by atoms with E-state index in [2.05, 4.69) is 36.3 Å². The number of anilines is 1. The SMILES string of the molecule is CC(C)(CCC(=O)O)Nc1nnc(C(C)(C)C)s1. The highest BCUT2D eigenvalue weighted by Crippen LogP contribution is 2.29. The van der Waals surface area contributed by atoms with Crippen LogP contribution in [0.15, 0.2) is 0 Å². The number of nitrogens with zero attached hydrogens (tertiary/aromatic N) is 2. The summed E-state index contributed by atoms with van der Waals surface area (Å²) in [4.78, 5) is 10.6. The van der Waals surface area contributed by atoms with Crippen LogP contribution in [0.4, 0.5) is 5.13 Å². The molecule has 0 amide bonds. The molecule has 1 aromatic heterocycles. The maximum absolute atomic E-state index is 10.6. The van der Waals surface area contributed by atoms with Crippen LogP contribution in [-0.4, -0.2) is 26.8 Å². The van der Waals surface area contributed by atoms with Gasteiger partial charge in [0.2, 0.25) is 5.13 Å². The molecule has 0 fully saturated rings. The summed E-state index contributed by atoms with van der Waals surface area (Å²) >= 11 is 1.52. The molecule has 0 saturated carbocycles. The number of carbonyl (C=O) groups is 1. The van der Waals surface area contributed by atoms with Gasteiger partial charge in [0, 0.05) is 17.4 Å². The lowest BCUT2D eigenvalue weighted by atomic mass is 9.98. The van der Waals surface area contributed by atoms with Gasteiger partial charge in [-0.15, -0.1) is 10.2 Å². The molecule has 18 heavy (non-hydrogen) atoms. The molecule has 0 aliphatic heterocycles. The fourth-order valence-corrected chi connectivity index (χ4v) is 2.33. The lowest BCUT2D eigenvalue weighted by Crippen LogP contribution is -2.31. The number of aliphatic carboxylic acids is 1. The van der Waals surface area contributed by atoms with E-state index < -0.39 is 5.97 Å². The summed E-state index contributed by atoms with van der Waals surface area (Å²) in [5.41, 5.74) is -0.310. The monoisotopic (exact) mass is 271 g/mol. The van der Waals surface area contributed by atoms with Crippen LogP contribution in [0.3, 0.4) is 0 Å². The Morgan fingerprint density at radius 1 is 1.28 bits per heavy atom. The Morgan fingerprint density at radius 2 is 1.89 bits per heavy atom. The Morgan fingerprint density at radius 3 is 2.33 bits per heavy atom. The van der Waals surface area contributed by atoms with E-state index in [0.717, 1.165) is 10.1 Å². The molecule has 0 atom stereocenters. The molecule has 0 bridgehead atoms. The first-order chi connectivity index (χ1) is 8.10. The van der Waals surface area contributed by atoms with Gasteiger partial charge in [-0.1, -0.05) is 32.1 Å². The number of carboxylic acid groups (broad SMARTS) is 1. The van der Waals surface area contributed by atoms with Crippen LogP contribution in [0, 0.1) is 0 Å². The first-order valence-electron chi connectivity index (χ1n) is 5.94. The molecule has 0 aliphatic rings. The highest BCUT2D eigenvalue weighted by molar-refractivity contribution is 7.15. The summed E-state index contributed by atoms with van der Waals surface area (Å²) in [6, 6.07) is 0. The van der Waals surface area contributed by atoms with Crippen LogP contribution in [0.1, 0.15) is 52.5 Å². The van der Waals surface area contributed by atoms with Gasteiger partial charge in [0.1, 0.15) is 5.01 Å². The van der Waals surface area contributed by atoms with Crippen molar-refractivity contribution in [2.75, 3.05) is 5.32 Å². The van der Waals surface area contributed by atoms with Gasteiger partial charge in [-0.3, -0.25) is 4.79 Å². The fourth-order valence-electron chi connectivity index (χ4n) is 1.35. The van der Waals surface area contributed by atoms with Gasteiger partial charge in [0.25, 0.3) is 0 Å². The molecule has 1 rings (SSSR count). The van der Waals surface area contributed by atoms with E-state index in [9.17, 15) is 4.79 Å². The molecule has 5 nitrogen and oxygen atoms in total. The third kappa shape index (κ3) is 4.60. The summed E-state index contributed by atoms with van der Waals surface area (Å²) < 4.78 is 0. The predicted molar refractivity (Wildman–Crippen MR) is 73.2 cm³/mol. The van der Waals surface area contributed by atoms with Gasteiger partial charge >= 0.3 is 5.97 Å². The molecular formula is C12H21N3O2S. The molecule has 0 radical (unpaired) electrons. The molecule has 0 spiro atoms. The highest BCUT2D eigenvalue weighted by atomic mass is 32.1. The van der Waals surface area contributed by atoms with Crippen LogP contribution >= 0.6 is 11.3 Å². The summed E-state index contributed by atoms with van der Waals surface area (Å²) in [6.07, 6.45) is 0.692. The summed E-state index contributed by atoms with van der Waals surface area (Å²) in [6.45, 7) is 10.2. The van der Waals surface area contributed by atoms with Crippen molar-refractivity contribution < 1.29 is 9.90 Å². The predicted octanol–water partition coefficient (Wildman–Crippen LogP) is 2.89. The maximum Gasteiger partial charge on any atom is 0.303 e. The van der Waals surface area contributed by atoms with E-state index in [1.54, 1.807) is 0 Å². The maximum atomic E-state index is 10.6. The Hall–Kier alpha value is -1.17. The van der Waals surface area contributed by atoms with E-state index in [4.69, 9.17) is 5.11 Å². The van der Waals surface area contributed by atoms with Crippen LogP contribution in [0.25, 0.3) is 0 Å². The lowest BCUT2D eigenvalue weighted by molar-refractivity contribution is -0.137. The van der Waals surface area contributed by atoms with Crippen LogP contribution in [0.2, 0.25) is 0 Å². The lowest BCUT2D eigenvalue weighted by Gasteiger charge is -2.24. The van der Waals surface area contributed by atoms with Crippen molar-refractivity contribution in [2.45, 2.75) is 58.4 Å². The minimum absolute atomic E-state index is 0.0111. The Kier molecular flexibility index (Phi) is 4.32. The van der Waals surface area contributed by atoms with E-state index in [1.807, 2.05) is 13.8 Å². The van der Waals surface area contributed by atoms with Crippen molar-refractivity contribution in [1.82, 2.24) is 10.2 Å². The molecule has 0 aliphatic carbocycles. The molecule has 1 aromatic rings. The van der Waals surface area contributed by atoms with Gasteiger partial charge in [-0.25, -0.2) is 0 Å². The van der Waals surface area contributed by atoms with Gasteiger partial charge in [-0.05, 0) is 20.3 Å². The number of carboxylic acids is 1. The van der Waals surface area contributed by atoms with Crippen LogP contribution < -0.4 is 5.32 Å². The zero-order chi connectivity index (χ0) is 14.0. The molecule has 1 heterocycles. The third-order valence-corrected chi connectivity index (χ3v) is 3.74. The first kappa shape index (κ1) is 14.9. The number of nitrogens with one attached hydrogen (secondary N) is 1. The smallest absolute Gasteiger partial charge is 0.303 e. The fraction of sp³-hybridized carbons (Fsp3) is 0.750. The van der Waals surface area contributed by atoms with Crippen LogP contribution in [-0.2, 0) is 10.2 Å². The van der Waals surface area contributed by atoms with Gasteiger partial charge in [0.05, 0.1) is 0 Å². The number of hydrogen-bond acceptors (Lipinski definition) is 5. The Bertz CT molecular complexity index is 421. The molecule has 2 N–H and O–H groups in total. The average molecular weight is 271 g/mol. The van der Waals surface area contributed by atoms with Crippen molar-refractivity contribution in [3.63, 3.8) is 0 Å². The molecule has 0 unspecified atom stereocenters. The number of rotatable bonds is 5. The summed E-state index contributed by atoms with van der Waals surface area (Å²) in [7, 11) is 0. The topological polar surface area (TPSA) is 75.1 Å². The normalized spacial score (nSPS) is 12.5. The van der Waals surface area contributed by atoms with Gasteiger partial charge in [-0.2, -0.15) is 0 Å². The van der Waals surface area contributed by atoms with E-state index in [1.165, 1.54) is 11.3 Å². The first-order valence-corrected chi connectivity index (χ1v) is 6.76. The van der Waals surface area contributed by atoms with Gasteiger partial charge in [0.15, 0.2) is 0 Å². The van der Waals surface area contributed by atoms with Crippen molar-refractivity contribution >= 4 is 22.4 Å². The molecular weight excluding hydrogens is 250 g/mol. The van der Waals surface area contributed by atoms with Crippen molar-refractivity contribution in [3.05, 3.63) is 5.01 Å². The molecule has 0 saturated heterocycles. The van der Waals surface area contributed by atoms with E-state index >= 15 is 0 Å². The summed E-state index contributed by atoms with van der Waals surface area (Å²) in [5.74, 6) is -0.780. The minimum atomic E-state index is -0.780. The van der Waals surface area contributed by atoms with Crippen molar-refractivity contribution in [3.8, 4) is 0 Å².